The highest BCUT2D eigenvalue weighted by molar-refractivity contribution is 5.89. The van der Waals surface area contributed by atoms with Crippen LogP contribution in [0.1, 0.15) is 20.8 Å². The monoisotopic (exact) mass is 494 g/mol. The maximum atomic E-state index is 2.32. The van der Waals surface area contributed by atoms with E-state index >= 15 is 0 Å². The summed E-state index contributed by atoms with van der Waals surface area (Å²) in [6, 6.07) is 43.4. The van der Waals surface area contributed by atoms with Crippen molar-refractivity contribution in [2.24, 2.45) is 0 Å². The highest BCUT2D eigenvalue weighted by Gasteiger charge is 2.13. The van der Waals surface area contributed by atoms with Crippen molar-refractivity contribution < 1.29 is 0 Å². The first-order valence-corrected chi connectivity index (χ1v) is 13.1. The largest absolute Gasteiger partial charge is 0.348 e. The molecule has 0 saturated heterocycles. The maximum Gasteiger partial charge on any atom is 0.0468 e. The van der Waals surface area contributed by atoms with Crippen LogP contribution in [0.15, 0.2) is 145 Å². The van der Waals surface area contributed by atoms with Gasteiger partial charge in [-0.3, -0.25) is 0 Å². The zero-order chi connectivity index (χ0) is 26.5. The Morgan fingerprint density at radius 3 is 1.71 bits per heavy atom. The van der Waals surface area contributed by atoms with Gasteiger partial charge in [-0.2, -0.15) is 0 Å². The Kier molecular flexibility index (Phi) is 7.42. The van der Waals surface area contributed by atoms with E-state index < -0.39 is 0 Å². The molecule has 38 heavy (non-hydrogen) atoms. The van der Waals surface area contributed by atoms with Gasteiger partial charge in [-0.1, -0.05) is 84.4 Å². The molecule has 0 bridgehead atoms. The average Bonchev–Trinajstić information content (AvgIpc) is 2.98. The maximum absolute atomic E-state index is 2.32. The van der Waals surface area contributed by atoms with E-state index in [1.54, 1.807) is 0 Å². The second kappa shape index (κ2) is 11.2. The SMILES string of the molecule is C/C=C(C)\C=C(/C)N(C)c1ccc(-c2ccc(N(c3ccccc3)c3ccc4ccccc4c3)cc2)cc1. The number of fused-ring (bicyclic) bond motifs is 1. The van der Waals surface area contributed by atoms with Crippen molar-refractivity contribution in [3.63, 3.8) is 0 Å². The Labute approximate surface area is 226 Å². The van der Waals surface area contributed by atoms with Crippen molar-refractivity contribution >= 4 is 33.5 Å². The molecule has 0 heterocycles. The van der Waals surface area contributed by atoms with Gasteiger partial charge in [0.2, 0.25) is 0 Å². The molecule has 0 aliphatic rings. The number of allylic oxidation sites excluding steroid dienone is 4. The molecule has 0 saturated carbocycles. The van der Waals surface area contributed by atoms with Crippen LogP contribution in [0.5, 0.6) is 0 Å². The third kappa shape index (κ3) is 5.40. The topological polar surface area (TPSA) is 6.48 Å². The molecule has 0 aliphatic carbocycles. The highest BCUT2D eigenvalue weighted by Crippen LogP contribution is 2.37. The van der Waals surface area contributed by atoms with E-state index in [0.29, 0.717) is 0 Å². The van der Waals surface area contributed by atoms with Crippen LogP contribution < -0.4 is 9.80 Å². The second-order valence-electron chi connectivity index (χ2n) is 9.67. The number of anilines is 4. The molecule has 2 nitrogen and oxygen atoms in total. The van der Waals surface area contributed by atoms with Crippen LogP contribution in [-0.4, -0.2) is 7.05 Å². The fourth-order valence-corrected chi connectivity index (χ4v) is 4.73. The van der Waals surface area contributed by atoms with Crippen LogP contribution in [0.3, 0.4) is 0 Å². The first-order valence-electron chi connectivity index (χ1n) is 13.1. The predicted octanol–water partition coefficient (Wildman–Crippen LogP) is 10.3. The number of nitrogens with zero attached hydrogens (tertiary/aromatic N) is 2. The van der Waals surface area contributed by atoms with E-state index in [-0.39, 0.29) is 0 Å². The van der Waals surface area contributed by atoms with Gasteiger partial charge in [0.1, 0.15) is 0 Å². The van der Waals surface area contributed by atoms with Crippen molar-refractivity contribution in [3.05, 3.63) is 145 Å². The van der Waals surface area contributed by atoms with Gasteiger partial charge in [-0.15, -0.1) is 0 Å². The molecular weight excluding hydrogens is 460 g/mol. The fraction of sp³-hybridized carbons (Fsp3) is 0.111. The summed E-state index contributed by atoms with van der Waals surface area (Å²) >= 11 is 0. The molecule has 0 fully saturated rings. The van der Waals surface area contributed by atoms with E-state index in [0.717, 1.165) is 17.1 Å². The minimum Gasteiger partial charge on any atom is -0.348 e. The predicted molar refractivity (Wildman–Crippen MR) is 166 cm³/mol. The second-order valence-corrected chi connectivity index (χ2v) is 9.67. The molecule has 0 aliphatic heterocycles. The van der Waals surface area contributed by atoms with Gasteiger partial charge in [-0.25, -0.2) is 0 Å². The smallest absolute Gasteiger partial charge is 0.0468 e. The summed E-state index contributed by atoms with van der Waals surface area (Å²) in [5.41, 5.74) is 9.47. The van der Waals surface area contributed by atoms with Crippen molar-refractivity contribution in [2.75, 3.05) is 16.8 Å². The molecule has 0 amide bonds. The van der Waals surface area contributed by atoms with Crippen LogP contribution in [0.25, 0.3) is 21.9 Å². The molecule has 5 aromatic rings. The number of para-hydroxylation sites is 1. The van der Waals surface area contributed by atoms with E-state index in [4.69, 9.17) is 0 Å². The summed E-state index contributed by atoms with van der Waals surface area (Å²) in [6.07, 6.45) is 4.34. The third-order valence-corrected chi connectivity index (χ3v) is 7.14. The minimum absolute atomic E-state index is 1.13. The molecule has 5 rings (SSSR count). The van der Waals surface area contributed by atoms with Crippen molar-refractivity contribution in [2.45, 2.75) is 20.8 Å². The van der Waals surface area contributed by atoms with Crippen molar-refractivity contribution in [1.29, 1.82) is 0 Å². The molecule has 0 atom stereocenters. The van der Waals surface area contributed by atoms with E-state index in [1.165, 1.54) is 38.9 Å². The van der Waals surface area contributed by atoms with Crippen LogP contribution >= 0.6 is 0 Å². The van der Waals surface area contributed by atoms with Gasteiger partial charge < -0.3 is 9.80 Å². The summed E-state index contributed by atoms with van der Waals surface area (Å²) in [5, 5.41) is 2.48. The lowest BCUT2D eigenvalue weighted by molar-refractivity contribution is 1.08. The van der Waals surface area contributed by atoms with Gasteiger partial charge in [0.25, 0.3) is 0 Å². The average molecular weight is 495 g/mol. The van der Waals surface area contributed by atoms with Gasteiger partial charge in [-0.05, 0) is 97.3 Å². The molecule has 188 valence electrons. The lowest BCUT2D eigenvalue weighted by atomic mass is 10.0. The lowest BCUT2D eigenvalue weighted by Crippen LogP contribution is -2.14. The first-order chi connectivity index (χ1) is 18.5. The van der Waals surface area contributed by atoms with Crippen LogP contribution in [0.4, 0.5) is 22.7 Å². The minimum atomic E-state index is 1.13. The number of benzene rings is 5. The quantitative estimate of drug-likeness (QED) is 0.208. The lowest BCUT2D eigenvalue weighted by Gasteiger charge is -2.26. The normalized spacial score (nSPS) is 12.0. The standard InChI is InChI=1S/C36H34N2/c1-5-27(2)25-28(3)37(4)33-20-15-30(16-21-33)31-17-22-35(23-18-31)38(34-13-7-6-8-14-34)36-24-19-29-11-9-10-12-32(29)26-36/h5-26H,1-4H3/b27-5-,28-25+. The van der Waals surface area contributed by atoms with Gasteiger partial charge in [0.05, 0.1) is 0 Å². The molecular formula is C36H34N2. The third-order valence-electron chi connectivity index (χ3n) is 7.14. The van der Waals surface area contributed by atoms with Crippen LogP contribution in [0, 0.1) is 0 Å². The fourth-order valence-electron chi connectivity index (χ4n) is 4.73. The van der Waals surface area contributed by atoms with Crippen molar-refractivity contribution in [1.82, 2.24) is 0 Å². The van der Waals surface area contributed by atoms with Crippen molar-refractivity contribution in [3.8, 4) is 11.1 Å². The molecule has 0 radical (unpaired) electrons. The molecule has 0 N–H and O–H groups in total. The number of hydrogen-bond donors (Lipinski definition) is 0. The number of hydrogen-bond acceptors (Lipinski definition) is 2. The molecule has 5 aromatic carbocycles. The Bertz CT molecular complexity index is 1580. The molecule has 0 unspecified atom stereocenters. The summed E-state index contributed by atoms with van der Waals surface area (Å²) in [7, 11) is 2.11. The molecule has 0 aromatic heterocycles. The number of rotatable bonds is 7. The first kappa shape index (κ1) is 25.1. The zero-order valence-corrected chi connectivity index (χ0v) is 22.6. The zero-order valence-electron chi connectivity index (χ0n) is 22.6. The Hall–Kier alpha value is -4.56. The summed E-state index contributed by atoms with van der Waals surface area (Å²) < 4.78 is 0. The molecule has 2 heteroatoms. The van der Waals surface area contributed by atoms with E-state index in [2.05, 4.69) is 171 Å². The van der Waals surface area contributed by atoms with Gasteiger partial charge >= 0.3 is 0 Å². The van der Waals surface area contributed by atoms with Gasteiger partial charge in [0, 0.05) is 35.5 Å². The summed E-state index contributed by atoms with van der Waals surface area (Å²) in [5.74, 6) is 0. The summed E-state index contributed by atoms with van der Waals surface area (Å²) in [4.78, 5) is 4.54. The summed E-state index contributed by atoms with van der Waals surface area (Å²) in [6.45, 7) is 6.34. The Balaban J connectivity index is 1.44. The van der Waals surface area contributed by atoms with Crippen LogP contribution in [-0.2, 0) is 0 Å². The highest BCUT2D eigenvalue weighted by atomic mass is 15.1. The van der Waals surface area contributed by atoms with Gasteiger partial charge in [0.15, 0.2) is 0 Å². The van der Waals surface area contributed by atoms with E-state index in [1.807, 2.05) is 0 Å². The van der Waals surface area contributed by atoms with Crippen LogP contribution in [0.2, 0.25) is 0 Å². The molecule has 0 spiro atoms. The Morgan fingerprint density at radius 1 is 0.553 bits per heavy atom. The van der Waals surface area contributed by atoms with E-state index in [9.17, 15) is 0 Å². The Morgan fingerprint density at radius 2 is 1.08 bits per heavy atom.